The fraction of sp³-hybridized carbons (Fsp3) is 0.438. The van der Waals surface area contributed by atoms with Crippen LogP contribution in [0.4, 0.5) is 10.6 Å². The van der Waals surface area contributed by atoms with E-state index in [-0.39, 0.29) is 16.8 Å². The van der Waals surface area contributed by atoms with E-state index in [9.17, 15) is 13.2 Å². The van der Waals surface area contributed by atoms with Crippen molar-refractivity contribution in [1.29, 1.82) is 0 Å². The van der Waals surface area contributed by atoms with Crippen LogP contribution in [0.25, 0.3) is 10.9 Å². The van der Waals surface area contributed by atoms with Gasteiger partial charge in [0.15, 0.2) is 0 Å². The molecule has 0 spiro atoms. The van der Waals surface area contributed by atoms with E-state index in [4.69, 9.17) is 5.73 Å². The van der Waals surface area contributed by atoms with Crippen molar-refractivity contribution >= 4 is 48.7 Å². The Kier molecular flexibility index (Phi) is 4.04. The first kappa shape index (κ1) is 16.9. The van der Waals surface area contributed by atoms with Crippen LogP contribution < -0.4 is 10.6 Å². The normalized spacial score (nSPS) is 18.8. The Labute approximate surface area is 154 Å². The molecule has 2 heterocycles. The van der Waals surface area contributed by atoms with Crippen molar-refractivity contribution < 1.29 is 13.2 Å². The third kappa shape index (κ3) is 2.84. The van der Waals surface area contributed by atoms with Crippen LogP contribution in [0.3, 0.4) is 0 Å². The summed E-state index contributed by atoms with van der Waals surface area (Å²) in [6.07, 6.45) is 3.35. The predicted molar refractivity (Wildman–Crippen MR) is 99.1 cm³/mol. The maximum absolute atomic E-state index is 13.3. The van der Waals surface area contributed by atoms with Gasteiger partial charge in [-0.1, -0.05) is 15.9 Å². The zero-order valence-corrected chi connectivity index (χ0v) is 15.9. The topological polar surface area (TPSA) is 99.5 Å². The number of hydrogen-bond acceptors (Lipinski definition) is 3. The van der Waals surface area contributed by atoms with E-state index in [1.54, 1.807) is 12.1 Å². The highest BCUT2D eigenvalue weighted by molar-refractivity contribution is 9.10. The van der Waals surface area contributed by atoms with E-state index in [1.165, 1.54) is 9.21 Å². The average Bonchev–Trinajstić information content (AvgIpc) is 3.08. The smallest absolute Gasteiger partial charge is 0.320 e. The molecular weight excluding hydrogens is 408 g/mol. The van der Waals surface area contributed by atoms with Gasteiger partial charge in [0.25, 0.3) is 0 Å². The molecule has 1 saturated carbocycles. The van der Waals surface area contributed by atoms with E-state index in [0.29, 0.717) is 24.0 Å². The molecule has 1 aliphatic carbocycles. The van der Waals surface area contributed by atoms with Crippen molar-refractivity contribution in [3.63, 3.8) is 0 Å². The first-order chi connectivity index (χ1) is 11.9. The van der Waals surface area contributed by atoms with Gasteiger partial charge in [-0.05, 0) is 43.9 Å². The molecule has 1 saturated heterocycles. The molecule has 4 rings (SSSR count). The molecule has 1 aliphatic heterocycles. The third-order valence-electron chi connectivity index (χ3n) is 4.75. The number of benzene rings is 1. The molecule has 1 aromatic heterocycles. The Morgan fingerprint density at radius 2 is 1.96 bits per heavy atom. The quantitative estimate of drug-likeness (QED) is 0.785. The van der Waals surface area contributed by atoms with Crippen LogP contribution in [-0.4, -0.2) is 42.9 Å². The molecule has 0 bridgehead atoms. The van der Waals surface area contributed by atoms with Gasteiger partial charge in [-0.25, -0.2) is 13.2 Å². The van der Waals surface area contributed by atoms with Crippen molar-refractivity contribution in [3.05, 3.63) is 22.7 Å². The SMILES string of the molecule is NC(=O)N(c1[nH]c2ccc(Br)cc2c1S(=O)(=O)N1CCCC1)C1CC1. The molecule has 25 heavy (non-hydrogen) atoms. The number of nitrogens with one attached hydrogen (secondary N) is 1. The van der Waals surface area contributed by atoms with E-state index in [1.807, 2.05) is 6.07 Å². The summed E-state index contributed by atoms with van der Waals surface area (Å²) < 4.78 is 28.9. The lowest BCUT2D eigenvalue weighted by Gasteiger charge is -2.22. The number of anilines is 1. The van der Waals surface area contributed by atoms with Crippen LogP contribution in [0.15, 0.2) is 27.6 Å². The zero-order valence-electron chi connectivity index (χ0n) is 13.5. The van der Waals surface area contributed by atoms with Gasteiger partial charge in [0.05, 0.1) is 0 Å². The summed E-state index contributed by atoms with van der Waals surface area (Å²) in [5.74, 6) is 0.287. The van der Waals surface area contributed by atoms with Crippen LogP contribution in [-0.2, 0) is 10.0 Å². The van der Waals surface area contributed by atoms with E-state index in [0.717, 1.165) is 30.2 Å². The van der Waals surface area contributed by atoms with Crippen LogP contribution in [0.5, 0.6) is 0 Å². The lowest BCUT2D eigenvalue weighted by molar-refractivity contribution is 0.253. The maximum atomic E-state index is 13.3. The minimum Gasteiger partial charge on any atom is -0.351 e. The first-order valence-corrected chi connectivity index (χ1v) is 10.5. The molecular formula is C16H19BrN4O3S. The minimum absolute atomic E-state index is 0.0402. The number of sulfonamides is 1. The average molecular weight is 427 g/mol. The monoisotopic (exact) mass is 426 g/mol. The summed E-state index contributed by atoms with van der Waals surface area (Å²) in [6, 6.07) is 4.73. The first-order valence-electron chi connectivity index (χ1n) is 8.29. The molecule has 7 nitrogen and oxygen atoms in total. The summed E-state index contributed by atoms with van der Waals surface area (Å²) in [5, 5.41) is 0.572. The van der Waals surface area contributed by atoms with Gasteiger partial charge in [-0.3, -0.25) is 4.90 Å². The second kappa shape index (κ2) is 6.00. The Hall–Kier alpha value is -1.58. The van der Waals surface area contributed by atoms with Crippen LogP contribution in [0.1, 0.15) is 25.7 Å². The Morgan fingerprint density at radius 1 is 1.28 bits per heavy atom. The largest absolute Gasteiger partial charge is 0.351 e. The number of primary amides is 1. The van der Waals surface area contributed by atoms with Gasteiger partial charge >= 0.3 is 6.03 Å². The molecule has 2 aromatic rings. The number of carbonyl (C=O) groups excluding carboxylic acids is 1. The Bertz CT molecular complexity index is 946. The van der Waals surface area contributed by atoms with Crippen LogP contribution in [0, 0.1) is 0 Å². The fourth-order valence-electron chi connectivity index (χ4n) is 3.42. The number of nitrogens with two attached hydrogens (primary N) is 1. The number of hydrogen-bond donors (Lipinski definition) is 2. The second-order valence-corrected chi connectivity index (χ2v) is 9.33. The summed E-state index contributed by atoms with van der Waals surface area (Å²) >= 11 is 3.41. The van der Waals surface area contributed by atoms with E-state index >= 15 is 0 Å². The minimum atomic E-state index is -3.72. The number of H-pyrrole nitrogens is 1. The molecule has 2 aliphatic rings. The van der Waals surface area contributed by atoms with Crippen molar-refractivity contribution in [2.75, 3.05) is 18.0 Å². The molecule has 2 fully saturated rings. The standard InChI is InChI=1S/C16H19BrN4O3S/c17-10-3-6-13-12(9-10)14(25(23,24)20-7-1-2-8-20)15(19-13)21(16(18)22)11-4-5-11/h3,6,9,11,19H,1-2,4-5,7-8H2,(H2,18,22). The Balaban J connectivity index is 1.97. The van der Waals surface area contributed by atoms with Gasteiger partial charge < -0.3 is 10.7 Å². The molecule has 2 amide bonds. The summed E-state index contributed by atoms with van der Waals surface area (Å²) in [7, 11) is -3.72. The number of rotatable bonds is 4. The van der Waals surface area contributed by atoms with Crippen molar-refractivity contribution in [1.82, 2.24) is 9.29 Å². The molecule has 0 radical (unpaired) electrons. The molecule has 0 atom stereocenters. The van der Waals surface area contributed by atoms with Gasteiger partial charge in [0, 0.05) is 34.5 Å². The maximum Gasteiger partial charge on any atom is 0.320 e. The number of amides is 2. The highest BCUT2D eigenvalue weighted by atomic mass is 79.9. The highest BCUT2D eigenvalue weighted by Crippen LogP contribution is 2.41. The molecule has 9 heteroatoms. The summed E-state index contributed by atoms with van der Waals surface area (Å²) in [6.45, 7) is 1.00. The van der Waals surface area contributed by atoms with Crippen molar-refractivity contribution in [2.24, 2.45) is 5.73 Å². The Morgan fingerprint density at radius 3 is 2.56 bits per heavy atom. The molecule has 1 aromatic carbocycles. The second-order valence-electron chi connectivity index (χ2n) is 6.54. The molecule has 0 unspecified atom stereocenters. The van der Waals surface area contributed by atoms with Gasteiger partial charge in [-0.15, -0.1) is 0 Å². The highest BCUT2D eigenvalue weighted by Gasteiger charge is 2.40. The number of aromatic amines is 1. The van der Waals surface area contributed by atoms with Gasteiger partial charge in [0.1, 0.15) is 10.7 Å². The molecule has 3 N–H and O–H groups in total. The molecule has 134 valence electrons. The van der Waals surface area contributed by atoms with E-state index < -0.39 is 16.1 Å². The predicted octanol–water partition coefficient (Wildman–Crippen LogP) is 2.76. The fourth-order valence-corrected chi connectivity index (χ4v) is 5.62. The lowest BCUT2D eigenvalue weighted by Crippen LogP contribution is -2.39. The number of aromatic nitrogens is 1. The summed E-state index contributed by atoms with van der Waals surface area (Å²) in [4.78, 5) is 16.7. The number of fused-ring (bicyclic) bond motifs is 1. The van der Waals surface area contributed by atoms with E-state index in [2.05, 4.69) is 20.9 Å². The number of nitrogens with zero attached hydrogens (tertiary/aromatic N) is 2. The van der Waals surface area contributed by atoms with Crippen molar-refractivity contribution in [2.45, 2.75) is 36.6 Å². The summed E-state index contributed by atoms with van der Waals surface area (Å²) in [5.41, 5.74) is 6.25. The van der Waals surface area contributed by atoms with Crippen LogP contribution >= 0.6 is 15.9 Å². The van der Waals surface area contributed by atoms with Gasteiger partial charge in [0.2, 0.25) is 10.0 Å². The lowest BCUT2D eigenvalue weighted by atomic mass is 10.2. The third-order valence-corrected chi connectivity index (χ3v) is 7.22. The van der Waals surface area contributed by atoms with Crippen LogP contribution in [0.2, 0.25) is 0 Å². The van der Waals surface area contributed by atoms with Crippen molar-refractivity contribution in [3.8, 4) is 0 Å². The zero-order chi connectivity index (χ0) is 17.8. The number of halogens is 1. The number of carbonyl (C=O) groups is 1. The van der Waals surface area contributed by atoms with Gasteiger partial charge in [-0.2, -0.15) is 4.31 Å². The number of urea groups is 1.